The average Bonchev–Trinajstić information content (AvgIpc) is 2.98. The Bertz CT molecular complexity index is 954. The van der Waals surface area contributed by atoms with Gasteiger partial charge in [0.25, 0.3) is 0 Å². The molecule has 1 saturated heterocycles. The molecular formula is C32H50N4O6. The predicted molar refractivity (Wildman–Crippen MR) is 163 cm³/mol. The second kappa shape index (κ2) is 21.7. The van der Waals surface area contributed by atoms with E-state index in [1.165, 1.54) is 0 Å². The first-order valence-electron chi connectivity index (χ1n) is 15.3. The van der Waals surface area contributed by atoms with Crippen LogP contribution in [0.5, 0.6) is 0 Å². The molecule has 0 unspecified atom stereocenters. The van der Waals surface area contributed by atoms with E-state index in [0.717, 1.165) is 31.2 Å². The third-order valence-corrected chi connectivity index (χ3v) is 7.07. The zero-order chi connectivity index (χ0) is 30.4. The molecule has 1 aliphatic rings. The van der Waals surface area contributed by atoms with Gasteiger partial charge in [-0.15, -0.1) is 6.42 Å². The van der Waals surface area contributed by atoms with Crippen LogP contribution in [0.1, 0.15) is 45.1 Å². The number of nitrogens with zero attached hydrogens (tertiary/aromatic N) is 4. The topological polar surface area (TPSA) is 91.9 Å². The first kappa shape index (κ1) is 35.2. The highest BCUT2D eigenvalue weighted by atomic mass is 16.5. The van der Waals surface area contributed by atoms with E-state index in [1.54, 1.807) is 0 Å². The molecular weight excluding hydrogens is 536 g/mol. The molecule has 10 heteroatoms. The van der Waals surface area contributed by atoms with E-state index in [0.29, 0.717) is 72.1 Å². The molecule has 0 saturated carbocycles. The third-order valence-electron chi connectivity index (χ3n) is 7.07. The molecule has 42 heavy (non-hydrogen) atoms. The van der Waals surface area contributed by atoms with Crippen molar-refractivity contribution in [3.05, 3.63) is 35.9 Å². The Hall–Kier alpha value is -2.97. The highest BCUT2D eigenvalue weighted by molar-refractivity contribution is 5.72. The number of esters is 3. The van der Waals surface area contributed by atoms with Crippen molar-refractivity contribution in [3.63, 3.8) is 0 Å². The Labute approximate surface area is 252 Å². The summed E-state index contributed by atoms with van der Waals surface area (Å²) in [6.45, 7) is 10.9. The van der Waals surface area contributed by atoms with Crippen molar-refractivity contribution >= 4 is 17.9 Å². The molecule has 1 aliphatic heterocycles. The zero-order valence-corrected chi connectivity index (χ0v) is 25.6. The number of ether oxygens (including phenoxy) is 3. The Morgan fingerprint density at radius 1 is 0.667 bits per heavy atom. The van der Waals surface area contributed by atoms with Crippen LogP contribution in [-0.4, -0.2) is 129 Å². The van der Waals surface area contributed by atoms with Crippen LogP contribution in [0.4, 0.5) is 0 Å². The Morgan fingerprint density at radius 3 is 1.48 bits per heavy atom. The van der Waals surface area contributed by atoms with Crippen LogP contribution >= 0.6 is 0 Å². The summed E-state index contributed by atoms with van der Waals surface area (Å²) in [5.41, 5.74) is 0.936. The fraction of sp³-hybridized carbons (Fsp3) is 0.656. The number of unbranched alkanes of at least 4 members (excludes halogenated alkanes) is 2. The summed E-state index contributed by atoms with van der Waals surface area (Å²) in [7, 11) is 0. The van der Waals surface area contributed by atoms with Crippen LogP contribution in [0.15, 0.2) is 30.3 Å². The maximum absolute atomic E-state index is 12.8. The predicted octanol–water partition coefficient (Wildman–Crippen LogP) is 2.27. The first-order chi connectivity index (χ1) is 20.4. The molecule has 1 aromatic carbocycles. The number of hydrogen-bond acceptors (Lipinski definition) is 10. The van der Waals surface area contributed by atoms with Gasteiger partial charge in [0, 0.05) is 52.4 Å². The number of hydrogen-bond donors (Lipinski definition) is 0. The molecule has 0 radical (unpaired) electrons. The molecule has 0 spiro atoms. The number of carbonyl (C=O) groups is 3. The van der Waals surface area contributed by atoms with Crippen molar-refractivity contribution in [2.45, 2.75) is 46.1 Å². The smallest absolute Gasteiger partial charge is 0.320 e. The maximum atomic E-state index is 12.8. The van der Waals surface area contributed by atoms with Crippen molar-refractivity contribution in [1.82, 2.24) is 19.6 Å². The van der Waals surface area contributed by atoms with Crippen molar-refractivity contribution in [2.75, 3.05) is 91.8 Å². The second-order valence-corrected chi connectivity index (χ2v) is 10.6. The minimum Gasteiger partial charge on any atom is -0.465 e. The normalized spacial score (nSPS) is 16.5. The Balaban J connectivity index is 2.08. The first-order valence-corrected chi connectivity index (χ1v) is 15.3. The molecule has 1 heterocycles. The lowest BCUT2D eigenvalue weighted by Gasteiger charge is -2.33. The summed E-state index contributed by atoms with van der Waals surface area (Å²) in [6, 6.07) is 9.60. The van der Waals surface area contributed by atoms with Crippen LogP contribution in [0.25, 0.3) is 0 Å². The van der Waals surface area contributed by atoms with Crippen LogP contribution in [0.2, 0.25) is 0 Å². The van der Waals surface area contributed by atoms with Gasteiger partial charge >= 0.3 is 17.9 Å². The van der Waals surface area contributed by atoms with E-state index in [4.69, 9.17) is 20.6 Å². The largest absolute Gasteiger partial charge is 0.465 e. The number of terminal acetylenes is 1. The summed E-state index contributed by atoms with van der Waals surface area (Å²) < 4.78 is 16.4. The van der Waals surface area contributed by atoms with Gasteiger partial charge in [-0.3, -0.25) is 34.0 Å². The molecule has 1 fully saturated rings. The fourth-order valence-corrected chi connectivity index (χ4v) is 4.42. The van der Waals surface area contributed by atoms with Gasteiger partial charge in [0.2, 0.25) is 0 Å². The van der Waals surface area contributed by atoms with Crippen LogP contribution in [0.3, 0.4) is 0 Å². The van der Waals surface area contributed by atoms with Gasteiger partial charge < -0.3 is 14.2 Å². The zero-order valence-electron chi connectivity index (χ0n) is 25.6. The highest BCUT2D eigenvalue weighted by Crippen LogP contribution is 2.05. The number of carbonyl (C=O) groups excluding carboxylic acids is 3. The highest BCUT2D eigenvalue weighted by Gasteiger charge is 2.21. The maximum Gasteiger partial charge on any atom is 0.320 e. The Kier molecular flexibility index (Phi) is 18.2. The minimum atomic E-state index is -0.298. The van der Waals surface area contributed by atoms with Crippen LogP contribution in [0, 0.1) is 12.3 Å². The van der Waals surface area contributed by atoms with Crippen molar-refractivity contribution in [2.24, 2.45) is 0 Å². The number of rotatable bonds is 15. The molecule has 0 aromatic heterocycles. The van der Waals surface area contributed by atoms with Gasteiger partial charge in [-0.1, -0.05) is 62.9 Å². The van der Waals surface area contributed by atoms with Crippen molar-refractivity contribution in [1.29, 1.82) is 0 Å². The molecule has 0 bridgehead atoms. The van der Waals surface area contributed by atoms with E-state index in [9.17, 15) is 14.4 Å². The third kappa shape index (κ3) is 15.9. The minimum absolute atomic E-state index is 0.140. The van der Waals surface area contributed by atoms with E-state index in [2.05, 4.69) is 34.5 Å². The lowest BCUT2D eigenvalue weighted by atomic mass is 10.2. The van der Waals surface area contributed by atoms with E-state index >= 15 is 0 Å². The summed E-state index contributed by atoms with van der Waals surface area (Å²) in [6.07, 6.45) is 9.24. The summed E-state index contributed by atoms with van der Waals surface area (Å²) in [5, 5.41) is 0. The van der Waals surface area contributed by atoms with Crippen molar-refractivity contribution < 1.29 is 28.6 Å². The van der Waals surface area contributed by atoms with E-state index in [-0.39, 0.29) is 44.1 Å². The van der Waals surface area contributed by atoms with Gasteiger partial charge in [0.1, 0.15) is 6.61 Å². The van der Waals surface area contributed by atoms with Crippen LogP contribution < -0.4 is 0 Å². The van der Waals surface area contributed by atoms with Gasteiger partial charge in [-0.25, -0.2) is 0 Å². The average molecular weight is 587 g/mol. The lowest BCUT2D eigenvalue weighted by Crippen LogP contribution is -2.48. The lowest BCUT2D eigenvalue weighted by molar-refractivity contribution is -0.147. The molecule has 1 aromatic rings. The summed E-state index contributed by atoms with van der Waals surface area (Å²) >= 11 is 0. The van der Waals surface area contributed by atoms with E-state index in [1.807, 2.05) is 35.2 Å². The standard InChI is InChI=1S/C32H50N4O6/c1-4-7-23-40-30(37)25-34-17-15-33(14-6-3)16-18-35(27-32(39)42-28-29-12-10-9-11-13-29)20-22-36(21-19-34)26-31(38)41-24-8-5-2/h3,9-13H,4-5,7-8,14-28H2,1-2H3. The molecule has 0 atom stereocenters. The van der Waals surface area contributed by atoms with Crippen molar-refractivity contribution in [3.8, 4) is 12.3 Å². The SMILES string of the molecule is C#CCN1CCN(CC(=O)OCCCC)CCN(CC(=O)OCCCC)CCN(CC(=O)OCc2ccccc2)CC1. The molecule has 0 N–H and O–H groups in total. The van der Waals surface area contributed by atoms with E-state index < -0.39 is 0 Å². The summed E-state index contributed by atoms with van der Waals surface area (Å²) in [4.78, 5) is 46.2. The molecule has 0 aliphatic carbocycles. The monoisotopic (exact) mass is 586 g/mol. The Morgan fingerprint density at radius 2 is 1.07 bits per heavy atom. The van der Waals surface area contributed by atoms with Gasteiger partial charge in [-0.2, -0.15) is 0 Å². The molecule has 2 rings (SSSR count). The molecule has 0 amide bonds. The second-order valence-electron chi connectivity index (χ2n) is 10.6. The molecule has 10 nitrogen and oxygen atoms in total. The van der Waals surface area contributed by atoms with Gasteiger partial charge in [-0.05, 0) is 18.4 Å². The van der Waals surface area contributed by atoms with Crippen LogP contribution in [-0.2, 0) is 35.2 Å². The van der Waals surface area contributed by atoms with Gasteiger partial charge in [0.15, 0.2) is 0 Å². The number of benzene rings is 1. The summed E-state index contributed by atoms with van der Waals surface area (Å²) in [5.74, 6) is 1.92. The quantitative estimate of drug-likeness (QED) is 0.132. The fourth-order valence-electron chi connectivity index (χ4n) is 4.42. The van der Waals surface area contributed by atoms with Gasteiger partial charge in [0.05, 0.1) is 39.4 Å². The molecule has 234 valence electrons.